The third kappa shape index (κ3) is 5.44. The van der Waals surface area contributed by atoms with Crippen LogP contribution >= 0.6 is 0 Å². The molecule has 1 aliphatic heterocycles. The molecule has 0 atom stereocenters. The molecule has 37 heavy (non-hydrogen) atoms. The number of ether oxygens (including phenoxy) is 1. The minimum Gasteiger partial charge on any atom is -0.441 e. The van der Waals surface area contributed by atoms with Crippen molar-refractivity contribution in [3.8, 4) is 0 Å². The van der Waals surface area contributed by atoms with E-state index in [1.807, 2.05) is 0 Å². The van der Waals surface area contributed by atoms with Crippen LogP contribution in [0.1, 0.15) is 29.2 Å². The maximum absolute atomic E-state index is 15.1. The lowest BCUT2D eigenvalue weighted by molar-refractivity contribution is 0.0324. The Bertz CT molecular complexity index is 1290. The number of alkyl halides is 2. The molecule has 3 heterocycles. The largest absolute Gasteiger partial charge is 0.441 e. The van der Waals surface area contributed by atoms with E-state index in [-0.39, 0.29) is 53.1 Å². The monoisotopic (exact) mass is 522 g/mol. The number of likely N-dealkylation sites (tertiary alicyclic amines) is 1. The molecule has 9 nitrogen and oxygen atoms in total. The van der Waals surface area contributed by atoms with E-state index < -0.39 is 37.2 Å². The molecule has 13 heteroatoms. The van der Waals surface area contributed by atoms with Crippen LogP contribution in [0.5, 0.6) is 0 Å². The van der Waals surface area contributed by atoms with Crippen molar-refractivity contribution in [1.82, 2.24) is 24.3 Å². The summed E-state index contributed by atoms with van der Waals surface area (Å²) in [6.45, 7) is -1.72. The first kappa shape index (κ1) is 26.2. The third-order valence-corrected chi connectivity index (χ3v) is 6.17. The quantitative estimate of drug-likeness (QED) is 0.467. The molecule has 0 spiro atoms. The number of nitrogens with one attached hydrogen (secondary N) is 1. The van der Waals surface area contributed by atoms with Gasteiger partial charge in [-0.15, -0.1) is 0 Å². The number of halogens is 4. The van der Waals surface area contributed by atoms with Crippen LogP contribution in [-0.2, 0) is 4.74 Å². The van der Waals surface area contributed by atoms with E-state index in [9.17, 15) is 22.8 Å². The van der Waals surface area contributed by atoms with Crippen molar-refractivity contribution in [3.63, 3.8) is 0 Å². The van der Waals surface area contributed by atoms with Gasteiger partial charge in [-0.3, -0.25) is 4.79 Å². The van der Waals surface area contributed by atoms with Gasteiger partial charge in [-0.2, -0.15) is 0 Å². The van der Waals surface area contributed by atoms with E-state index in [1.165, 1.54) is 34.5 Å². The molecule has 0 unspecified atom stereocenters. The van der Waals surface area contributed by atoms with Gasteiger partial charge >= 0.3 is 6.09 Å². The predicted molar refractivity (Wildman–Crippen MR) is 127 cm³/mol. The average Bonchev–Trinajstić information content (AvgIpc) is 3.25. The Balaban J connectivity index is 1.52. The number of carbonyl (C=O) groups is 2. The number of hydrogen-bond donors (Lipinski definition) is 1. The summed E-state index contributed by atoms with van der Waals surface area (Å²) in [6, 6.07) is 3.70. The van der Waals surface area contributed by atoms with Gasteiger partial charge in [-0.1, -0.05) is 0 Å². The molecule has 1 aromatic carbocycles. The van der Waals surface area contributed by atoms with E-state index >= 15 is 4.39 Å². The summed E-state index contributed by atoms with van der Waals surface area (Å²) < 4.78 is 61.6. The lowest BCUT2D eigenvalue weighted by Gasteiger charge is -2.32. The molecule has 4 rings (SSSR count). The van der Waals surface area contributed by atoms with Gasteiger partial charge < -0.3 is 24.4 Å². The second-order valence-electron chi connectivity index (χ2n) is 8.86. The average molecular weight is 523 g/mol. The highest BCUT2D eigenvalue weighted by Gasteiger charge is 2.29. The van der Waals surface area contributed by atoms with Crippen LogP contribution in [-0.4, -0.2) is 83.0 Å². The SMILES string of the molecule is CN(C)C(=O)c1ccc(Nc2ncnc3c2c(F)cn3C2CCN(C(=O)OC(CF)CF)CC2)c(F)c1. The van der Waals surface area contributed by atoms with Crippen molar-refractivity contribution < 1.29 is 31.9 Å². The minimum atomic E-state index is -1.43. The topological polar surface area (TPSA) is 92.6 Å². The summed E-state index contributed by atoms with van der Waals surface area (Å²) in [6.07, 6.45) is 1.14. The smallest absolute Gasteiger partial charge is 0.410 e. The molecule has 1 saturated heterocycles. The number of piperidine rings is 1. The van der Waals surface area contributed by atoms with Crippen molar-refractivity contribution in [1.29, 1.82) is 0 Å². The maximum atomic E-state index is 15.1. The van der Waals surface area contributed by atoms with E-state index in [1.54, 1.807) is 18.7 Å². The number of nitrogens with zero attached hydrogens (tertiary/aromatic N) is 5. The Hall–Kier alpha value is -3.90. The number of anilines is 2. The number of benzene rings is 1. The molecule has 0 radical (unpaired) electrons. The highest BCUT2D eigenvalue weighted by atomic mass is 19.1. The van der Waals surface area contributed by atoms with Gasteiger partial charge in [0.05, 0.1) is 11.1 Å². The van der Waals surface area contributed by atoms with Gasteiger partial charge in [0.1, 0.15) is 37.0 Å². The Morgan fingerprint density at radius 1 is 1.14 bits per heavy atom. The zero-order chi connectivity index (χ0) is 26.7. The molecular formula is C24H26F4N6O3. The summed E-state index contributed by atoms with van der Waals surface area (Å²) in [7, 11) is 3.11. The predicted octanol–water partition coefficient (Wildman–Crippen LogP) is 4.24. The van der Waals surface area contributed by atoms with Crippen molar-refractivity contribution in [2.75, 3.05) is 45.9 Å². The molecule has 198 valence electrons. The Morgan fingerprint density at radius 2 is 1.84 bits per heavy atom. The molecule has 2 amide bonds. The number of amides is 2. The molecule has 0 bridgehead atoms. The molecule has 0 saturated carbocycles. The van der Waals surface area contributed by atoms with Gasteiger partial charge in [0, 0.05) is 45.0 Å². The minimum absolute atomic E-state index is 0.00846. The third-order valence-electron chi connectivity index (χ3n) is 6.17. The van der Waals surface area contributed by atoms with Gasteiger partial charge in [0.2, 0.25) is 0 Å². The first-order chi connectivity index (χ1) is 17.7. The molecule has 1 N–H and O–H groups in total. The van der Waals surface area contributed by atoms with Crippen molar-refractivity contribution in [2.24, 2.45) is 0 Å². The van der Waals surface area contributed by atoms with Crippen LogP contribution in [0.15, 0.2) is 30.7 Å². The van der Waals surface area contributed by atoms with E-state index in [4.69, 9.17) is 4.74 Å². The van der Waals surface area contributed by atoms with Crippen LogP contribution in [0.4, 0.5) is 33.9 Å². The van der Waals surface area contributed by atoms with E-state index in [0.29, 0.717) is 12.8 Å². The fraction of sp³-hybridized carbons (Fsp3) is 0.417. The summed E-state index contributed by atoms with van der Waals surface area (Å²) in [5.41, 5.74) is 0.457. The zero-order valence-corrected chi connectivity index (χ0v) is 20.3. The summed E-state index contributed by atoms with van der Waals surface area (Å²) in [5.74, 6) is -1.63. The van der Waals surface area contributed by atoms with Crippen LogP contribution in [0.25, 0.3) is 11.0 Å². The van der Waals surface area contributed by atoms with Gasteiger partial charge in [-0.25, -0.2) is 32.3 Å². The molecule has 2 aromatic heterocycles. The fourth-order valence-electron chi connectivity index (χ4n) is 4.20. The van der Waals surface area contributed by atoms with E-state index in [0.717, 1.165) is 6.07 Å². The normalized spacial score (nSPS) is 14.3. The van der Waals surface area contributed by atoms with Crippen molar-refractivity contribution in [3.05, 3.63) is 47.9 Å². The Kier molecular flexibility index (Phi) is 7.79. The number of fused-ring (bicyclic) bond motifs is 1. The summed E-state index contributed by atoms with van der Waals surface area (Å²) in [4.78, 5) is 35.2. The number of aromatic nitrogens is 3. The highest BCUT2D eigenvalue weighted by Crippen LogP contribution is 2.33. The lowest BCUT2D eigenvalue weighted by atomic mass is 10.1. The van der Waals surface area contributed by atoms with Crippen LogP contribution in [0.3, 0.4) is 0 Å². The zero-order valence-electron chi connectivity index (χ0n) is 20.3. The van der Waals surface area contributed by atoms with Gasteiger partial charge in [-0.05, 0) is 31.0 Å². The van der Waals surface area contributed by atoms with Crippen LogP contribution in [0.2, 0.25) is 0 Å². The maximum Gasteiger partial charge on any atom is 0.410 e. The lowest BCUT2D eigenvalue weighted by Crippen LogP contribution is -2.41. The van der Waals surface area contributed by atoms with Crippen molar-refractivity contribution >= 4 is 34.5 Å². The van der Waals surface area contributed by atoms with E-state index in [2.05, 4.69) is 15.3 Å². The first-order valence-corrected chi connectivity index (χ1v) is 11.6. The summed E-state index contributed by atoms with van der Waals surface area (Å²) in [5, 5.41) is 2.84. The molecule has 0 aliphatic carbocycles. The number of carbonyl (C=O) groups excluding carboxylic acids is 2. The first-order valence-electron chi connectivity index (χ1n) is 11.6. The second-order valence-corrected chi connectivity index (χ2v) is 8.86. The number of hydrogen-bond acceptors (Lipinski definition) is 6. The molecule has 1 aliphatic rings. The van der Waals surface area contributed by atoms with Gasteiger partial charge in [0.25, 0.3) is 5.91 Å². The molecular weight excluding hydrogens is 496 g/mol. The van der Waals surface area contributed by atoms with Crippen LogP contribution < -0.4 is 5.32 Å². The second kappa shape index (κ2) is 11.0. The highest BCUT2D eigenvalue weighted by molar-refractivity contribution is 5.95. The standard InChI is InChI=1S/C24H26F4N6O3/c1-32(2)23(35)14-3-4-19(17(27)9-14)31-21-20-18(28)12-34(22(20)30-13-29-21)15-5-7-33(8-6-15)24(36)37-16(10-25)11-26/h3-4,9,12-13,15-16H,5-8,10-11H2,1-2H3,(H,29,30,31). The van der Waals surface area contributed by atoms with Crippen molar-refractivity contribution in [2.45, 2.75) is 25.0 Å². The summed E-state index contributed by atoms with van der Waals surface area (Å²) >= 11 is 0. The fourth-order valence-corrected chi connectivity index (χ4v) is 4.20. The Morgan fingerprint density at radius 3 is 2.46 bits per heavy atom. The van der Waals surface area contributed by atoms with Crippen LogP contribution in [0, 0.1) is 11.6 Å². The molecule has 3 aromatic rings. The number of rotatable bonds is 7. The molecule has 1 fully saturated rings. The van der Waals surface area contributed by atoms with Gasteiger partial charge in [0.15, 0.2) is 11.9 Å². The Labute approximate surface area is 210 Å².